The fourth-order valence-corrected chi connectivity index (χ4v) is 5.08. The van der Waals surface area contributed by atoms with Crippen molar-refractivity contribution in [1.29, 1.82) is 0 Å². The Labute approximate surface area is 150 Å². The van der Waals surface area contributed by atoms with E-state index in [-0.39, 0.29) is 23.9 Å². The summed E-state index contributed by atoms with van der Waals surface area (Å²) in [6, 6.07) is 9.19. The lowest BCUT2D eigenvalue weighted by Gasteiger charge is -2.22. The summed E-state index contributed by atoms with van der Waals surface area (Å²) < 4.78 is 40.5. The lowest BCUT2D eigenvalue weighted by atomic mass is 10.3. The van der Waals surface area contributed by atoms with Gasteiger partial charge in [0.1, 0.15) is 10.7 Å². The van der Waals surface area contributed by atoms with Gasteiger partial charge in [-0.3, -0.25) is 4.79 Å². The van der Waals surface area contributed by atoms with E-state index in [2.05, 4.69) is 0 Å². The molecule has 0 unspecified atom stereocenters. The molecule has 0 spiro atoms. The van der Waals surface area contributed by atoms with E-state index in [1.54, 1.807) is 4.90 Å². The molecule has 2 heterocycles. The number of nitrogens with zero attached hydrogens (tertiary/aromatic N) is 2. The Hall–Kier alpha value is -1.77. The molecule has 1 amide bonds. The van der Waals surface area contributed by atoms with Gasteiger partial charge in [-0.05, 0) is 30.0 Å². The van der Waals surface area contributed by atoms with Gasteiger partial charge in [-0.25, -0.2) is 12.8 Å². The lowest BCUT2D eigenvalue weighted by molar-refractivity contribution is -0.130. The van der Waals surface area contributed by atoms with Gasteiger partial charge in [0, 0.05) is 31.1 Å². The summed E-state index contributed by atoms with van der Waals surface area (Å²) in [5.41, 5.74) is 0. The van der Waals surface area contributed by atoms with Gasteiger partial charge in [0.2, 0.25) is 15.9 Å². The van der Waals surface area contributed by atoms with Crippen molar-refractivity contribution in [2.45, 2.75) is 17.7 Å². The minimum Gasteiger partial charge on any atom is -0.341 e. The highest BCUT2D eigenvalue weighted by atomic mass is 32.2. The van der Waals surface area contributed by atoms with E-state index in [0.717, 1.165) is 10.9 Å². The number of benzene rings is 1. The Kier molecular flexibility index (Phi) is 5.51. The van der Waals surface area contributed by atoms with Crippen LogP contribution in [0.4, 0.5) is 4.39 Å². The summed E-state index contributed by atoms with van der Waals surface area (Å²) in [7, 11) is -3.89. The number of sulfonamides is 1. The first-order valence-electron chi connectivity index (χ1n) is 8.03. The monoisotopic (exact) mass is 382 g/mol. The molecule has 134 valence electrons. The zero-order valence-electron chi connectivity index (χ0n) is 13.6. The zero-order valence-corrected chi connectivity index (χ0v) is 15.2. The van der Waals surface area contributed by atoms with Crippen LogP contribution in [0.25, 0.3) is 0 Å². The third-order valence-corrected chi connectivity index (χ3v) is 6.98. The fraction of sp³-hybridized carbons (Fsp3) is 0.353. The van der Waals surface area contributed by atoms with Gasteiger partial charge in [0.25, 0.3) is 0 Å². The number of hydrogen-bond acceptors (Lipinski definition) is 4. The molecule has 0 saturated carbocycles. The van der Waals surface area contributed by atoms with Gasteiger partial charge < -0.3 is 4.90 Å². The number of halogens is 1. The number of carbonyl (C=O) groups is 1. The maximum Gasteiger partial charge on any atom is 0.246 e. The molecular weight excluding hydrogens is 363 g/mol. The smallest absolute Gasteiger partial charge is 0.246 e. The van der Waals surface area contributed by atoms with Crippen LogP contribution in [0.2, 0.25) is 0 Å². The summed E-state index contributed by atoms with van der Waals surface area (Å²) in [5, 5.41) is 1.92. The molecule has 1 fully saturated rings. The molecular formula is C17H19FN2O3S2. The quantitative estimate of drug-likeness (QED) is 0.816. The summed E-state index contributed by atoms with van der Waals surface area (Å²) in [5.74, 6) is -0.759. The molecule has 1 aromatic heterocycles. The fourth-order valence-electron chi connectivity index (χ4n) is 2.85. The first-order chi connectivity index (χ1) is 12.0. The second-order valence-electron chi connectivity index (χ2n) is 5.82. The van der Waals surface area contributed by atoms with Crippen LogP contribution in [0.3, 0.4) is 0 Å². The summed E-state index contributed by atoms with van der Waals surface area (Å²) in [6.45, 7) is 1.28. The summed E-state index contributed by atoms with van der Waals surface area (Å²) in [4.78, 5) is 14.8. The maximum absolute atomic E-state index is 13.9. The largest absolute Gasteiger partial charge is 0.341 e. The third-order valence-electron chi connectivity index (χ3n) is 4.17. The molecule has 1 saturated heterocycles. The molecule has 0 N–H and O–H groups in total. The molecule has 8 heteroatoms. The van der Waals surface area contributed by atoms with Crippen LogP contribution >= 0.6 is 11.3 Å². The Balaban J connectivity index is 1.69. The van der Waals surface area contributed by atoms with Crippen LogP contribution in [0.5, 0.6) is 0 Å². The van der Waals surface area contributed by atoms with E-state index in [0.29, 0.717) is 25.9 Å². The summed E-state index contributed by atoms with van der Waals surface area (Å²) in [6.07, 6.45) is 0.863. The Bertz CT molecular complexity index is 837. The van der Waals surface area contributed by atoms with Crippen LogP contribution in [0.15, 0.2) is 46.7 Å². The molecule has 0 bridgehead atoms. The van der Waals surface area contributed by atoms with Crippen LogP contribution in [0, 0.1) is 5.82 Å². The zero-order chi connectivity index (χ0) is 17.9. The second-order valence-corrected chi connectivity index (χ2v) is 8.76. The van der Waals surface area contributed by atoms with Crippen molar-refractivity contribution in [3.63, 3.8) is 0 Å². The highest BCUT2D eigenvalue weighted by molar-refractivity contribution is 7.89. The molecule has 1 aliphatic rings. The van der Waals surface area contributed by atoms with Crippen molar-refractivity contribution in [1.82, 2.24) is 9.21 Å². The molecule has 0 aliphatic carbocycles. The molecule has 25 heavy (non-hydrogen) atoms. The first kappa shape index (κ1) is 18.0. The van der Waals surface area contributed by atoms with Crippen molar-refractivity contribution in [3.8, 4) is 0 Å². The minimum atomic E-state index is -3.89. The number of carbonyl (C=O) groups excluding carboxylic acids is 1. The molecule has 1 aliphatic heterocycles. The topological polar surface area (TPSA) is 57.7 Å². The van der Waals surface area contributed by atoms with E-state index in [9.17, 15) is 17.6 Å². The van der Waals surface area contributed by atoms with Gasteiger partial charge in [0.05, 0.1) is 6.42 Å². The van der Waals surface area contributed by atoms with E-state index in [1.807, 2.05) is 17.5 Å². The van der Waals surface area contributed by atoms with E-state index in [4.69, 9.17) is 0 Å². The van der Waals surface area contributed by atoms with Crippen molar-refractivity contribution in [3.05, 3.63) is 52.5 Å². The SMILES string of the molecule is O=C(Cc1cccs1)N1CCCN(S(=O)(=O)c2ccccc2F)CC1. The maximum atomic E-state index is 13.9. The standard InChI is InChI=1S/C17H19FN2O3S2/c18-15-6-1-2-7-16(15)25(22,23)20-9-4-8-19(10-11-20)17(21)13-14-5-3-12-24-14/h1-3,5-7,12H,4,8-11,13H2. The Morgan fingerprint density at radius 1 is 1.08 bits per heavy atom. The van der Waals surface area contributed by atoms with Crippen LogP contribution in [-0.2, 0) is 21.2 Å². The molecule has 1 aromatic carbocycles. The Morgan fingerprint density at radius 2 is 1.88 bits per heavy atom. The molecule has 3 rings (SSSR count). The minimum absolute atomic E-state index is 0.00686. The third kappa shape index (κ3) is 4.08. The number of thiophene rings is 1. The van der Waals surface area contributed by atoms with E-state index < -0.39 is 15.8 Å². The van der Waals surface area contributed by atoms with Crippen LogP contribution in [-0.4, -0.2) is 49.7 Å². The summed E-state index contributed by atoms with van der Waals surface area (Å²) >= 11 is 1.53. The average molecular weight is 382 g/mol. The highest BCUT2D eigenvalue weighted by Gasteiger charge is 2.30. The molecule has 0 atom stereocenters. The van der Waals surface area contributed by atoms with Crippen LogP contribution < -0.4 is 0 Å². The number of rotatable bonds is 4. The van der Waals surface area contributed by atoms with Crippen molar-refractivity contribution in [2.24, 2.45) is 0 Å². The lowest BCUT2D eigenvalue weighted by Crippen LogP contribution is -2.38. The van der Waals surface area contributed by atoms with Crippen molar-refractivity contribution < 1.29 is 17.6 Å². The Morgan fingerprint density at radius 3 is 2.60 bits per heavy atom. The van der Waals surface area contributed by atoms with Crippen molar-refractivity contribution >= 4 is 27.3 Å². The predicted molar refractivity (Wildman–Crippen MR) is 94.4 cm³/mol. The molecule has 2 aromatic rings. The first-order valence-corrected chi connectivity index (χ1v) is 10.4. The van der Waals surface area contributed by atoms with Crippen LogP contribution in [0.1, 0.15) is 11.3 Å². The number of amides is 1. The number of hydrogen-bond donors (Lipinski definition) is 0. The molecule has 0 radical (unpaired) electrons. The van der Waals surface area contributed by atoms with E-state index in [1.165, 1.54) is 33.8 Å². The predicted octanol–water partition coefficient (Wildman–Crippen LogP) is 2.35. The highest BCUT2D eigenvalue weighted by Crippen LogP contribution is 2.21. The van der Waals surface area contributed by atoms with Gasteiger partial charge in [-0.2, -0.15) is 4.31 Å². The van der Waals surface area contributed by atoms with Gasteiger partial charge in [0.15, 0.2) is 0 Å². The van der Waals surface area contributed by atoms with E-state index >= 15 is 0 Å². The normalized spacial score (nSPS) is 16.6. The second kappa shape index (κ2) is 7.63. The van der Waals surface area contributed by atoms with Gasteiger partial charge in [-0.1, -0.05) is 18.2 Å². The average Bonchev–Trinajstić information content (AvgIpc) is 2.95. The van der Waals surface area contributed by atoms with Gasteiger partial charge >= 0.3 is 0 Å². The molecule has 5 nitrogen and oxygen atoms in total. The van der Waals surface area contributed by atoms with Crippen molar-refractivity contribution in [2.75, 3.05) is 26.2 Å². The van der Waals surface area contributed by atoms with Gasteiger partial charge in [-0.15, -0.1) is 11.3 Å².